The summed E-state index contributed by atoms with van der Waals surface area (Å²) in [4.78, 5) is 23.5. The highest BCUT2D eigenvalue weighted by atomic mass is 16.5. The molecule has 0 atom stereocenters. The Morgan fingerprint density at radius 2 is 2.05 bits per heavy atom. The van der Waals surface area contributed by atoms with Crippen LogP contribution in [0.15, 0.2) is 33.6 Å². The summed E-state index contributed by atoms with van der Waals surface area (Å²) in [5.74, 6) is -0.0437. The van der Waals surface area contributed by atoms with Gasteiger partial charge in [-0.2, -0.15) is 0 Å². The lowest BCUT2D eigenvalue weighted by Gasteiger charge is -2.06. The lowest BCUT2D eigenvalue weighted by molar-refractivity contribution is -0.121. The van der Waals surface area contributed by atoms with Gasteiger partial charge >= 0.3 is 5.76 Å². The highest BCUT2D eigenvalue weighted by molar-refractivity contribution is 5.76. The summed E-state index contributed by atoms with van der Waals surface area (Å²) in [6, 6.07) is 6.93. The third-order valence-electron chi connectivity index (χ3n) is 2.96. The van der Waals surface area contributed by atoms with Crippen molar-refractivity contribution in [3.05, 3.63) is 34.8 Å². The van der Waals surface area contributed by atoms with Crippen LogP contribution in [-0.4, -0.2) is 43.0 Å². The number of nitrogens with one attached hydrogen (secondary N) is 1. The Balaban J connectivity index is 2.16. The molecule has 0 spiro atoms. The molecule has 2 aromatic rings. The van der Waals surface area contributed by atoms with Crippen LogP contribution in [0.3, 0.4) is 0 Å². The van der Waals surface area contributed by atoms with Crippen LogP contribution < -0.4 is 15.8 Å². The first-order valence-corrected chi connectivity index (χ1v) is 6.62. The lowest BCUT2D eigenvalue weighted by Crippen LogP contribution is -2.33. The molecule has 0 aliphatic carbocycles. The van der Waals surface area contributed by atoms with Crippen molar-refractivity contribution in [2.75, 3.05) is 27.4 Å². The number of rotatable bonds is 7. The van der Waals surface area contributed by atoms with Gasteiger partial charge in [0.05, 0.1) is 13.7 Å². The zero-order chi connectivity index (χ0) is 15.9. The fraction of sp³-hybridized carbons (Fsp3) is 0.357. The van der Waals surface area contributed by atoms with E-state index >= 15 is 0 Å². The van der Waals surface area contributed by atoms with E-state index in [9.17, 15) is 9.59 Å². The van der Waals surface area contributed by atoms with E-state index in [1.54, 1.807) is 38.5 Å². The molecule has 8 nitrogen and oxygen atoms in total. The Bertz CT molecular complexity index is 675. The average molecular weight is 307 g/mol. The number of carbonyl (C=O) groups excluding carboxylic acids is 1. The summed E-state index contributed by atoms with van der Waals surface area (Å²) in [5.41, 5.74) is 0.649. The maximum absolute atomic E-state index is 11.8. The molecule has 0 radical (unpaired) electrons. The summed E-state index contributed by atoms with van der Waals surface area (Å²) in [7, 11) is 3.10. The molecule has 8 heteroatoms. The third kappa shape index (κ3) is 3.73. The number of aromatic nitrogens is 2. The topological polar surface area (TPSA) is 95.6 Å². The van der Waals surface area contributed by atoms with Crippen LogP contribution in [0.2, 0.25) is 0 Å². The number of amides is 1. The SMILES string of the molecule is COCCNC(=O)Cn1c(-c2ccc(OC)cc2)noc1=O. The van der Waals surface area contributed by atoms with Gasteiger partial charge in [0.15, 0.2) is 5.82 Å². The van der Waals surface area contributed by atoms with Crippen LogP contribution in [0, 0.1) is 0 Å². The molecular formula is C14H17N3O5. The summed E-state index contributed by atoms with van der Waals surface area (Å²) < 4.78 is 15.7. The van der Waals surface area contributed by atoms with Gasteiger partial charge in [-0.3, -0.25) is 9.32 Å². The standard InChI is InChI=1S/C14H17N3O5/c1-20-8-7-15-12(18)9-17-13(16-22-14(17)19)10-3-5-11(21-2)6-4-10/h3-6H,7-9H2,1-2H3,(H,15,18). The Kier molecular flexibility index (Phi) is 5.31. The Morgan fingerprint density at radius 1 is 1.32 bits per heavy atom. The van der Waals surface area contributed by atoms with E-state index in [1.807, 2.05) is 0 Å². The number of hydrogen-bond donors (Lipinski definition) is 1. The fourth-order valence-corrected chi connectivity index (χ4v) is 1.85. The normalized spacial score (nSPS) is 10.5. The maximum atomic E-state index is 11.8. The summed E-state index contributed by atoms with van der Waals surface area (Å²) in [6.07, 6.45) is 0. The Labute approximate surface area is 126 Å². The van der Waals surface area contributed by atoms with Gasteiger partial charge in [0.1, 0.15) is 12.3 Å². The van der Waals surface area contributed by atoms with E-state index in [0.29, 0.717) is 24.5 Å². The smallest absolute Gasteiger partial charge is 0.442 e. The summed E-state index contributed by atoms with van der Waals surface area (Å²) in [5, 5.41) is 6.35. The first-order chi connectivity index (χ1) is 10.7. The summed E-state index contributed by atoms with van der Waals surface area (Å²) >= 11 is 0. The fourth-order valence-electron chi connectivity index (χ4n) is 1.85. The first-order valence-electron chi connectivity index (χ1n) is 6.62. The largest absolute Gasteiger partial charge is 0.497 e. The van der Waals surface area contributed by atoms with Crippen LogP contribution >= 0.6 is 0 Å². The molecule has 0 saturated carbocycles. The van der Waals surface area contributed by atoms with E-state index in [2.05, 4.69) is 15.0 Å². The van der Waals surface area contributed by atoms with Crippen molar-refractivity contribution in [3.8, 4) is 17.1 Å². The third-order valence-corrected chi connectivity index (χ3v) is 2.96. The molecular weight excluding hydrogens is 290 g/mol. The maximum Gasteiger partial charge on any atom is 0.442 e. The Hall–Kier alpha value is -2.61. The van der Waals surface area contributed by atoms with E-state index < -0.39 is 5.76 Å². The van der Waals surface area contributed by atoms with Gasteiger partial charge in [0, 0.05) is 19.2 Å². The molecule has 0 aliphatic heterocycles. The van der Waals surface area contributed by atoms with E-state index in [1.165, 1.54) is 4.57 Å². The van der Waals surface area contributed by atoms with Gasteiger partial charge in [-0.1, -0.05) is 5.16 Å². The zero-order valence-electron chi connectivity index (χ0n) is 12.4. The molecule has 1 heterocycles. The predicted octanol–water partition coefficient (Wildman–Crippen LogP) is 0.274. The van der Waals surface area contributed by atoms with Crippen LogP contribution in [0.4, 0.5) is 0 Å². The van der Waals surface area contributed by atoms with Crippen molar-refractivity contribution in [2.24, 2.45) is 0 Å². The quantitative estimate of drug-likeness (QED) is 0.738. The summed E-state index contributed by atoms with van der Waals surface area (Å²) in [6.45, 7) is 0.594. The van der Waals surface area contributed by atoms with Crippen molar-refractivity contribution < 1.29 is 18.8 Å². The van der Waals surface area contributed by atoms with Gasteiger partial charge < -0.3 is 14.8 Å². The second-order valence-electron chi connectivity index (χ2n) is 4.43. The van der Waals surface area contributed by atoms with Crippen LogP contribution in [0.5, 0.6) is 5.75 Å². The number of ether oxygens (including phenoxy) is 2. The van der Waals surface area contributed by atoms with Crippen LogP contribution in [-0.2, 0) is 16.1 Å². The minimum Gasteiger partial charge on any atom is -0.497 e. The number of methoxy groups -OCH3 is 2. The van der Waals surface area contributed by atoms with E-state index in [0.717, 1.165) is 0 Å². The molecule has 1 N–H and O–H groups in total. The molecule has 1 aromatic heterocycles. The average Bonchev–Trinajstić information content (AvgIpc) is 2.89. The number of hydrogen-bond acceptors (Lipinski definition) is 6. The van der Waals surface area contributed by atoms with Crippen molar-refractivity contribution in [3.63, 3.8) is 0 Å². The molecule has 1 amide bonds. The van der Waals surface area contributed by atoms with Gasteiger partial charge in [0.25, 0.3) is 0 Å². The number of carbonyl (C=O) groups is 1. The molecule has 1 aromatic carbocycles. The van der Waals surface area contributed by atoms with Gasteiger partial charge in [-0.05, 0) is 24.3 Å². The van der Waals surface area contributed by atoms with Crippen molar-refractivity contribution >= 4 is 5.91 Å². The van der Waals surface area contributed by atoms with Crippen molar-refractivity contribution in [2.45, 2.75) is 6.54 Å². The molecule has 0 aliphatic rings. The van der Waals surface area contributed by atoms with Gasteiger partial charge in [0.2, 0.25) is 5.91 Å². The zero-order valence-corrected chi connectivity index (χ0v) is 12.4. The number of benzene rings is 1. The Morgan fingerprint density at radius 3 is 2.68 bits per heavy atom. The monoisotopic (exact) mass is 307 g/mol. The lowest BCUT2D eigenvalue weighted by atomic mass is 10.2. The first kappa shape index (κ1) is 15.8. The second kappa shape index (κ2) is 7.41. The molecule has 0 bridgehead atoms. The van der Waals surface area contributed by atoms with Crippen molar-refractivity contribution in [1.29, 1.82) is 0 Å². The minimum absolute atomic E-state index is 0.173. The molecule has 22 heavy (non-hydrogen) atoms. The minimum atomic E-state index is -0.687. The van der Waals surface area contributed by atoms with Crippen LogP contribution in [0.25, 0.3) is 11.4 Å². The predicted molar refractivity (Wildman–Crippen MR) is 77.6 cm³/mol. The molecule has 0 fully saturated rings. The molecule has 2 rings (SSSR count). The molecule has 118 valence electrons. The van der Waals surface area contributed by atoms with Gasteiger partial charge in [-0.15, -0.1) is 0 Å². The van der Waals surface area contributed by atoms with E-state index in [-0.39, 0.29) is 18.3 Å². The van der Waals surface area contributed by atoms with E-state index in [4.69, 9.17) is 9.47 Å². The molecule has 0 unspecified atom stereocenters. The van der Waals surface area contributed by atoms with Crippen molar-refractivity contribution in [1.82, 2.24) is 15.0 Å². The van der Waals surface area contributed by atoms with Crippen LogP contribution in [0.1, 0.15) is 0 Å². The highest BCUT2D eigenvalue weighted by Gasteiger charge is 2.15. The second-order valence-corrected chi connectivity index (χ2v) is 4.43. The molecule has 0 saturated heterocycles. The number of nitrogens with zero attached hydrogens (tertiary/aromatic N) is 2. The van der Waals surface area contributed by atoms with Gasteiger partial charge in [-0.25, -0.2) is 9.36 Å². The highest BCUT2D eigenvalue weighted by Crippen LogP contribution is 2.19.